The van der Waals surface area contributed by atoms with Gasteiger partial charge in [-0.05, 0) is 63.1 Å². The molecule has 146 valence electrons. The lowest BCUT2D eigenvalue weighted by Crippen LogP contribution is -2.39. The predicted octanol–water partition coefficient (Wildman–Crippen LogP) is 3.63. The molecule has 2 amide bonds. The van der Waals surface area contributed by atoms with Crippen LogP contribution in [0, 0.1) is 5.92 Å². The van der Waals surface area contributed by atoms with Gasteiger partial charge in [-0.1, -0.05) is 18.2 Å². The Morgan fingerprint density at radius 2 is 1.68 bits per heavy atom. The first-order chi connectivity index (χ1) is 13.5. The molecule has 6 heteroatoms. The lowest BCUT2D eigenvalue weighted by Gasteiger charge is -2.26. The highest BCUT2D eigenvalue weighted by molar-refractivity contribution is 5.98. The highest BCUT2D eigenvalue weighted by Crippen LogP contribution is 2.30. The van der Waals surface area contributed by atoms with Gasteiger partial charge >= 0.3 is 5.97 Å². The van der Waals surface area contributed by atoms with Gasteiger partial charge in [0.2, 0.25) is 5.91 Å². The van der Waals surface area contributed by atoms with Crippen molar-refractivity contribution >= 4 is 29.2 Å². The van der Waals surface area contributed by atoms with Crippen LogP contribution < -0.4 is 10.2 Å². The van der Waals surface area contributed by atoms with Gasteiger partial charge in [-0.15, -0.1) is 0 Å². The molecule has 1 N–H and O–H groups in total. The molecule has 0 radical (unpaired) electrons. The fraction of sp³-hybridized carbons (Fsp3) is 0.318. The van der Waals surface area contributed by atoms with Crippen LogP contribution in [0.2, 0.25) is 0 Å². The van der Waals surface area contributed by atoms with Crippen LogP contribution in [0.3, 0.4) is 0 Å². The van der Waals surface area contributed by atoms with Crippen LogP contribution in [-0.4, -0.2) is 30.4 Å². The van der Waals surface area contributed by atoms with Crippen LogP contribution >= 0.6 is 0 Å². The van der Waals surface area contributed by atoms with Gasteiger partial charge < -0.3 is 15.0 Å². The Hall–Kier alpha value is -3.15. The Labute approximate surface area is 164 Å². The van der Waals surface area contributed by atoms with Crippen molar-refractivity contribution in [3.63, 3.8) is 0 Å². The average Bonchev–Trinajstić information content (AvgIpc) is 3.53. The van der Waals surface area contributed by atoms with Gasteiger partial charge in [0.15, 0.2) is 6.61 Å². The zero-order valence-electron chi connectivity index (χ0n) is 16.1. The Morgan fingerprint density at radius 3 is 2.25 bits per heavy atom. The molecule has 6 nitrogen and oxygen atoms in total. The van der Waals surface area contributed by atoms with Crippen LogP contribution in [-0.2, 0) is 14.3 Å². The number of carbonyl (C=O) groups is 3. The largest absolute Gasteiger partial charge is 0.452 e. The molecule has 1 aliphatic carbocycles. The van der Waals surface area contributed by atoms with Gasteiger partial charge in [-0.25, -0.2) is 4.79 Å². The van der Waals surface area contributed by atoms with Crippen molar-refractivity contribution in [2.24, 2.45) is 5.92 Å². The van der Waals surface area contributed by atoms with Crippen molar-refractivity contribution < 1.29 is 19.1 Å². The second-order valence-corrected chi connectivity index (χ2v) is 7.11. The van der Waals surface area contributed by atoms with Crippen LogP contribution in [0.4, 0.5) is 11.4 Å². The average molecular weight is 380 g/mol. The number of para-hydroxylation sites is 1. The number of anilines is 2. The molecule has 0 heterocycles. The second kappa shape index (κ2) is 8.69. The van der Waals surface area contributed by atoms with Crippen molar-refractivity contribution in [1.29, 1.82) is 0 Å². The van der Waals surface area contributed by atoms with Gasteiger partial charge in [-0.3, -0.25) is 9.59 Å². The van der Waals surface area contributed by atoms with Crippen molar-refractivity contribution in [2.45, 2.75) is 32.7 Å². The summed E-state index contributed by atoms with van der Waals surface area (Å²) in [5.41, 5.74) is 1.72. The summed E-state index contributed by atoms with van der Waals surface area (Å²) < 4.78 is 5.19. The Balaban J connectivity index is 1.56. The SMILES string of the molecule is CC(C)N(C(=O)COC(=O)c1ccc(NC(=O)C2CC2)cc1)c1ccccc1. The third-order valence-corrected chi connectivity index (χ3v) is 4.48. The van der Waals surface area contributed by atoms with E-state index >= 15 is 0 Å². The summed E-state index contributed by atoms with van der Waals surface area (Å²) in [4.78, 5) is 38.2. The molecule has 0 unspecified atom stereocenters. The second-order valence-electron chi connectivity index (χ2n) is 7.11. The van der Waals surface area contributed by atoms with Crippen LogP contribution in [0.15, 0.2) is 54.6 Å². The molecule has 1 saturated carbocycles. The summed E-state index contributed by atoms with van der Waals surface area (Å²) in [6.45, 7) is 3.47. The molecule has 0 aliphatic heterocycles. The van der Waals surface area contributed by atoms with E-state index in [1.807, 2.05) is 44.2 Å². The van der Waals surface area contributed by atoms with Gasteiger partial charge in [0.1, 0.15) is 0 Å². The van der Waals surface area contributed by atoms with Crippen molar-refractivity contribution in [1.82, 2.24) is 0 Å². The number of amides is 2. The first kappa shape index (κ1) is 19.6. The Kier molecular flexibility index (Phi) is 6.09. The van der Waals surface area contributed by atoms with E-state index in [2.05, 4.69) is 5.32 Å². The number of rotatable bonds is 7. The van der Waals surface area contributed by atoms with Crippen molar-refractivity contribution in [2.75, 3.05) is 16.8 Å². The summed E-state index contributed by atoms with van der Waals surface area (Å²) in [5, 5.41) is 2.81. The van der Waals surface area contributed by atoms with Crippen molar-refractivity contribution in [3.05, 3.63) is 60.2 Å². The summed E-state index contributed by atoms with van der Waals surface area (Å²) >= 11 is 0. The molecule has 1 aliphatic rings. The molecule has 0 atom stereocenters. The highest BCUT2D eigenvalue weighted by atomic mass is 16.5. The maximum atomic E-state index is 12.6. The van der Waals surface area contributed by atoms with Gasteiger partial charge in [0.05, 0.1) is 5.56 Å². The van der Waals surface area contributed by atoms with Crippen LogP contribution in [0.5, 0.6) is 0 Å². The minimum absolute atomic E-state index is 0.00983. The Bertz CT molecular complexity index is 843. The van der Waals surface area contributed by atoms with Crippen LogP contribution in [0.25, 0.3) is 0 Å². The predicted molar refractivity (Wildman–Crippen MR) is 107 cm³/mol. The summed E-state index contributed by atoms with van der Waals surface area (Å²) in [5.74, 6) is -0.743. The van der Waals surface area contributed by atoms with E-state index in [-0.39, 0.29) is 30.4 Å². The Morgan fingerprint density at radius 1 is 1.04 bits per heavy atom. The fourth-order valence-corrected chi connectivity index (χ4v) is 2.88. The number of carbonyl (C=O) groups excluding carboxylic acids is 3. The molecule has 28 heavy (non-hydrogen) atoms. The standard InChI is InChI=1S/C22H24N2O4/c1-15(2)24(19-6-4-3-5-7-19)20(25)14-28-22(27)17-10-12-18(13-11-17)23-21(26)16-8-9-16/h3-7,10-13,15-16H,8-9,14H2,1-2H3,(H,23,26). The number of hydrogen-bond acceptors (Lipinski definition) is 4. The highest BCUT2D eigenvalue weighted by Gasteiger charge is 2.29. The van der Waals surface area contributed by atoms with E-state index in [4.69, 9.17) is 4.74 Å². The molecule has 0 bridgehead atoms. The normalized spacial score (nSPS) is 13.1. The van der Waals surface area contributed by atoms with E-state index < -0.39 is 5.97 Å². The number of benzene rings is 2. The minimum atomic E-state index is -0.579. The zero-order valence-corrected chi connectivity index (χ0v) is 16.1. The van der Waals surface area contributed by atoms with E-state index in [0.29, 0.717) is 11.3 Å². The molecular weight excluding hydrogens is 356 g/mol. The summed E-state index contributed by atoms with van der Waals surface area (Å²) in [7, 11) is 0. The van der Waals surface area contributed by atoms with Crippen LogP contribution in [0.1, 0.15) is 37.0 Å². The smallest absolute Gasteiger partial charge is 0.338 e. The summed E-state index contributed by atoms with van der Waals surface area (Å²) in [6.07, 6.45) is 1.86. The monoisotopic (exact) mass is 380 g/mol. The van der Waals surface area contributed by atoms with Gasteiger partial charge in [0.25, 0.3) is 5.91 Å². The van der Waals surface area contributed by atoms with E-state index in [0.717, 1.165) is 18.5 Å². The van der Waals surface area contributed by atoms with Gasteiger partial charge in [-0.2, -0.15) is 0 Å². The lowest BCUT2D eigenvalue weighted by atomic mass is 10.2. The molecule has 0 aromatic heterocycles. The third-order valence-electron chi connectivity index (χ3n) is 4.48. The van der Waals surface area contributed by atoms with Crippen molar-refractivity contribution in [3.8, 4) is 0 Å². The first-order valence-corrected chi connectivity index (χ1v) is 9.41. The number of esters is 1. The molecule has 1 fully saturated rings. The molecule has 2 aromatic rings. The topological polar surface area (TPSA) is 75.7 Å². The maximum absolute atomic E-state index is 12.6. The molecule has 0 saturated heterocycles. The first-order valence-electron chi connectivity index (χ1n) is 9.41. The molecule has 3 rings (SSSR count). The number of nitrogens with zero attached hydrogens (tertiary/aromatic N) is 1. The number of hydrogen-bond donors (Lipinski definition) is 1. The quantitative estimate of drug-likeness (QED) is 0.744. The van der Waals surface area contributed by atoms with Gasteiger partial charge in [0, 0.05) is 23.3 Å². The maximum Gasteiger partial charge on any atom is 0.338 e. The fourth-order valence-electron chi connectivity index (χ4n) is 2.88. The van der Waals surface area contributed by atoms with E-state index in [1.54, 1.807) is 29.2 Å². The van der Waals surface area contributed by atoms with E-state index in [9.17, 15) is 14.4 Å². The number of nitrogens with one attached hydrogen (secondary N) is 1. The third kappa shape index (κ3) is 4.97. The zero-order chi connectivity index (χ0) is 20.1. The molecule has 2 aromatic carbocycles. The molecule has 0 spiro atoms. The number of ether oxygens (including phenoxy) is 1. The summed E-state index contributed by atoms with van der Waals surface area (Å²) in [6, 6.07) is 15.7. The lowest BCUT2D eigenvalue weighted by molar-refractivity contribution is -0.122. The minimum Gasteiger partial charge on any atom is -0.452 e. The van der Waals surface area contributed by atoms with E-state index in [1.165, 1.54) is 0 Å². The molecular formula is C22H24N2O4.